The molecule has 31 heavy (non-hydrogen) atoms. The molecule has 10 nitrogen and oxygen atoms in total. The minimum Gasteiger partial charge on any atom is -0.463 e. The summed E-state index contributed by atoms with van der Waals surface area (Å²) in [6.45, 7) is 4.69. The number of benzene rings is 1. The molecular weight excluding hydrogens is 402 g/mol. The number of carbonyl (C=O) groups excluding carboxylic acids is 2. The molecule has 1 fully saturated rings. The highest BCUT2D eigenvalue weighted by atomic mass is 16.6. The van der Waals surface area contributed by atoms with Crippen LogP contribution in [0.1, 0.15) is 32.1 Å². The van der Waals surface area contributed by atoms with Crippen molar-refractivity contribution in [3.63, 3.8) is 0 Å². The van der Waals surface area contributed by atoms with Crippen LogP contribution in [0.15, 0.2) is 30.9 Å². The van der Waals surface area contributed by atoms with E-state index in [4.69, 9.17) is 19.2 Å². The maximum atomic E-state index is 11.5. The number of hydrogen-bond acceptors (Lipinski definition) is 8. The number of hydrogen-bond donors (Lipinski definition) is 0. The predicted molar refractivity (Wildman–Crippen MR) is 109 cm³/mol. The predicted octanol–water partition coefficient (Wildman–Crippen LogP) is 2.32. The Morgan fingerprint density at radius 3 is 2.77 bits per heavy atom. The molecule has 0 amide bonds. The molecule has 5 rings (SSSR count). The second-order valence-corrected chi connectivity index (χ2v) is 7.68. The number of aryl methyl sites for hydroxylation is 1. The molecule has 0 unspecified atom stereocenters. The van der Waals surface area contributed by atoms with E-state index in [-0.39, 0.29) is 6.61 Å². The van der Waals surface area contributed by atoms with Crippen molar-refractivity contribution in [1.82, 2.24) is 23.9 Å². The number of ether oxygens (including phenoxy) is 3. The zero-order valence-corrected chi connectivity index (χ0v) is 17.3. The molecule has 0 aliphatic carbocycles. The van der Waals surface area contributed by atoms with E-state index in [1.54, 1.807) is 17.2 Å². The van der Waals surface area contributed by atoms with Gasteiger partial charge in [-0.3, -0.25) is 18.6 Å². The summed E-state index contributed by atoms with van der Waals surface area (Å²) in [6, 6.07) is 6.05. The number of aromatic nitrogens is 5. The number of carbonyl (C=O) groups is 2. The van der Waals surface area contributed by atoms with Crippen LogP contribution in [0.3, 0.4) is 0 Å². The highest BCUT2D eigenvalue weighted by Gasteiger charge is 2.40. The average molecular weight is 423 g/mol. The van der Waals surface area contributed by atoms with Crippen LogP contribution in [0.5, 0.6) is 0 Å². The van der Waals surface area contributed by atoms with Crippen LogP contribution in [-0.2, 0) is 23.8 Å². The lowest BCUT2D eigenvalue weighted by atomic mass is 10.2. The molecule has 3 atom stereocenters. The zero-order valence-electron chi connectivity index (χ0n) is 17.3. The fraction of sp³-hybridized carbons (Fsp3) is 0.381. The Morgan fingerprint density at radius 1 is 1.16 bits per heavy atom. The van der Waals surface area contributed by atoms with E-state index in [0.717, 1.165) is 16.6 Å². The van der Waals surface area contributed by atoms with Gasteiger partial charge in [0.05, 0.1) is 17.4 Å². The van der Waals surface area contributed by atoms with Gasteiger partial charge in [0.2, 0.25) is 0 Å². The lowest BCUT2D eigenvalue weighted by molar-refractivity contribution is -0.155. The molecule has 1 aromatic carbocycles. The van der Waals surface area contributed by atoms with Gasteiger partial charge in [-0.1, -0.05) is 6.07 Å². The van der Waals surface area contributed by atoms with Gasteiger partial charge in [0, 0.05) is 20.3 Å². The van der Waals surface area contributed by atoms with Crippen molar-refractivity contribution in [2.75, 3.05) is 6.61 Å². The SMILES string of the molecule is CC(=O)OC[C@H]1O[C@@H](n2cnc3c2ncn2c4cc(C)ccc4nc32)C[C@@H]1OC(C)=O. The van der Waals surface area contributed by atoms with Crippen molar-refractivity contribution >= 4 is 39.8 Å². The molecule has 0 bridgehead atoms. The molecule has 10 heteroatoms. The van der Waals surface area contributed by atoms with Crippen molar-refractivity contribution in [3.05, 3.63) is 36.4 Å². The smallest absolute Gasteiger partial charge is 0.303 e. The van der Waals surface area contributed by atoms with Gasteiger partial charge in [-0.05, 0) is 24.6 Å². The molecule has 4 heterocycles. The van der Waals surface area contributed by atoms with E-state index in [2.05, 4.69) is 16.0 Å². The Bertz CT molecular complexity index is 1330. The summed E-state index contributed by atoms with van der Waals surface area (Å²) in [4.78, 5) is 36.6. The number of esters is 2. The highest BCUT2D eigenvalue weighted by molar-refractivity contribution is 5.92. The van der Waals surface area contributed by atoms with Crippen molar-refractivity contribution in [3.8, 4) is 0 Å². The Kier molecular flexibility index (Phi) is 4.58. The zero-order chi connectivity index (χ0) is 21.7. The van der Waals surface area contributed by atoms with Gasteiger partial charge < -0.3 is 14.2 Å². The summed E-state index contributed by atoms with van der Waals surface area (Å²) in [5.74, 6) is -0.843. The number of fused-ring (bicyclic) bond motifs is 5. The van der Waals surface area contributed by atoms with Crippen molar-refractivity contribution < 1.29 is 23.8 Å². The Morgan fingerprint density at radius 2 is 2.00 bits per heavy atom. The van der Waals surface area contributed by atoms with Crippen molar-refractivity contribution in [2.24, 2.45) is 0 Å². The first-order chi connectivity index (χ1) is 14.9. The van der Waals surface area contributed by atoms with Crippen LogP contribution >= 0.6 is 0 Å². The van der Waals surface area contributed by atoms with Crippen molar-refractivity contribution in [1.29, 1.82) is 0 Å². The molecule has 0 radical (unpaired) electrons. The molecule has 0 spiro atoms. The minimum atomic E-state index is -0.573. The third-order valence-electron chi connectivity index (χ3n) is 5.38. The highest BCUT2D eigenvalue weighted by Crippen LogP contribution is 2.34. The van der Waals surface area contributed by atoms with Gasteiger partial charge in [0.15, 0.2) is 16.8 Å². The Labute approximate surface area is 176 Å². The summed E-state index contributed by atoms with van der Waals surface area (Å²) in [7, 11) is 0. The number of nitrogens with zero attached hydrogens (tertiary/aromatic N) is 5. The Hall–Kier alpha value is -3.53. The maximum absolute atomic E-state index is 11.5. The largest absolute Gasteiger partial charge is 0.463 e. The lowest BCUT2D eigenvalue weighted by Gasteiger charge is -2.17. The Balaban J connectivity index is 1.52. The van der Waals surface area contributed by atoms with Crippen LogP contribution in [0, 0.1) is 6.92 Å². The monoisotopic (exact) mass is 423 g/mol. The molecule has 3 aromatic heterocycles. The first kappa shape index (κ1) is 19.4. The summed E-state index contributed by atoms with van der Waals surface area (Å²) in [5.41, 5.74) is 4.92. The molecular formula is C21H21N5O5. The quantitative estimate of drug-likeness (QED) is 0.460. The topological polar surface area (TPSA) is 110 Å². The van der Waals surface area contributed by atoms with Crippen LogP contribution in [0.2, 0.25) is 0 Å². The standard InChI is InChI=1S/C21H21N5O5/c1-11-4-5-14-15(6-11)25-10-23-20-19(21(25)24-14)22-9-26(20)18-7-16(30-13(3)28)17(31-18)8-29-12(2)27/h4-6,9-10,16-18H,7-8H2,1-3H3/t16-,17+,18+/m0/s1. The second-order valence-electron chi connectivity index (χ2n) is 7.68. The fourth-order valence-corrected chi connectivity index (χ4v) is 4.01. The van der Waals surface area contributed by atoms with E-state index >= 15 is 0 Å². The molecule has 160 valence electrons. The minimum absolute atomic E-state index is 0.000911. The third kappa shape index (κ3) is 3.38. The average Bonchev–Trinajstić information content (AvgIpc) is 3.40. The molecule has 1 aliphatic heterocycles. The van der Waals surface area contributed by atoms with Gasteiger partial charge in [-0.25, -0.2) is 15.0 Å². The van der Waals surface area contributed by atoms with Gasteiger partial charge >= 0.3 is 11.9 Å². The van der Waals surface area contributed by atoms with E-state index in [1.165, 1.54) is 13.8 Å². The van der Waals surface area contributed by atoms with Gasteiger partial charge in [-0.2, -0.15) is 0 Å². The first-order valence-electron chi connectivity index (χ1n) is 9.96. The normalized spacial score (nSPS) is 21.2. The van der Waals surface area contributed by atoms with Gasteiger partial charge in [0.25, 0.3) is 0 Å². The van der Waals surface area contributed by atoms with E-state index < -0.39 is 30.4 Å². The van der Waals surface area contributed by atoms with Crippen LogP contribution in [0.4, 0.5) is 0 Å². The van der Waals surface area contributed by atoms with Crippen LogP contribution in [0.25, 0.3) is 27.8 Å². The van der Waals surface area contributed by atoms with Crippen molar-refractivity contribution in [2.45, 2.75) is 45.6 Å². The van der Waals surface area contributed by atoms with Gasteiger partial charge in [-0.15, -0.1) is 0 Å². The molecule has 1 saturated heterocycles. The summed E-state index contributed by atoms with van der Waals surface area (Å²) in [6.07, 6.45) is 2.16. The summed E-state index contributed by atoms with van der Waals surface area (Å²) in [5, 5.41) is 0. The number of imidazole rings is 2. The second kappa shape index (κ2) is 7.31. The van der Waals surface area contributed by atoms with E-state index in [9.17, 15) is 9.59 Å². The number of rotatable bonds is 4. The summed E-state index contributed by atoms with van der Waals surface area (Å²) < 4.78 is 20.3. The van der Waals surface area contributed by atoms with Crippen LogP contribution in [-0.4, -0.2) is 54.7 Å². The maximum Gasteiger partial charge on any atom is 0.303 e. The fourth-order valence-electron chi connectivity index (χ4n) is 4.01. The van der Waals surface area contributed by atoms with Crippen LogP contribution < -0.4 is 0 Å². The molecule has 4 aromatic rings. The first-order valence-corrected chi connectivity index (χ1v) is 9.96. The van der Waals surface area contributed by atoms with E-state index in [0.29, 0.717) is 23.2 Å². The van der Waals surface area contributed by atoms with Gasteiger partial charge in [0.1, 0.15) is 31.4 Å². The third-order valence-corrected chi connectivity index (χ3v) is 5.38. The molecule has 1 aliphatic rings. The summed E-state index contributed by atoms with van der Waals surface area (Å²) >= 11 is 0. The lowest BCUT2D eigenvalue weighted by Crippen LogP contribution is -2.31. The molecule has 0 N–H and O–H groups in total. The molecule has 0 saturated carbocycles. The van der Waals surface area contributed by atoms with E-state index in [1.807, 2.05) is 23.5 Å².